The highest BCUT2D eigenvalue weighted by Gasteiger charge is 2.36. The van der Waals surface area contributed by atoms with Crippen LogP contribution in [0.15, 0.2) is 52.0 Å². The first kappa shape index (κ1) is 18.8. The Morgan fingerprint density at radius 1 is 1.60 bits per heavy atom. The largest absolute Gasteiger partial charge is 0.458 e. The van der Waals surface area contributed by atoms with Gasteiger partial charge in [-0.25, -0.2) is 4.79 Å². The third-order valence-corrected chi connectivity index (χ3v) is 5.36. The van der Waals surface area contributed by atoms with Crippen LogP contribution in [0.5, 0.6) is 0 Å². The first-order valence-electron chi connectivity index (χ1n) is 7.34. The van der Waals surface area contributed by atoms with Crippen LogP contribution in [0.25, 0.3) is 0 Å². The molecule has 1 aliphatic heterocycles. The highest BCUT2D eigenvalue weighted by Crippen LogP contribution is 2.42. The number of thioether (sulfide) groups is 1. The number of thiophene rings is 1. The number of dihydropyridines is 1. The molecule has 0 fully saturated rings. The lowest BCUT2D eigenvalue weighted by Gasteiger charge is -2.28. The predicted octanol–water partition coefficient (Wildman–Crippen LogP) is 2.39. The van der Waals surface area contributed by atoms with E-state index in [1.54, 1.807) is 6.92 Å². The van der Waals surface area contributed by atoms with Gasteiger partial charge in [-0.05, 0) is 18.4 Å². The Kier molecular flexibility index (Phi) is 6.44. The Bertz CT molecular complexity index is 789. The summed E-state index contributed by atoms with van der Waals surface area (Å²) in [5.41, 5.74) is 6.53. The molecule has 1 atom stereocenters. The molecule has 1 aliphatic rings. The highest BCUT2D eigenvalue weighted by atomic mass is 32.2. The molecule has 0 radical (unpaired) electrons. The molecule has 130 valence electrons. The SMILES string of the molecule is C=CCOC(=O)C1=C(C)NC(SCC(N)=O)=C(C#N)[C@H]1c1cccs1. The molecule has 1 aromatic rings. The molecule has 2 heterocycles. The van der Waals surface area contributed by atoms with Crippen LogP contribution in [0.2, 0.25) is 0 Å². The van der Waals surface area contributed by atoms with E-state index in [4.69, 9.17) is 10.5 Å². The number of nitrogens with one attached hydrogen (secondary N) is 1. The van der Waals surface area contributed by atoms with Crippen molar-refractivity contribution in [3.05, 3.63) is 56.9 Å². The summed E-state index contributed by atoms with van der Waals surface area (Å²) in [4.78, 5) is 24.5. The molecule has 8 heteroatoms. The van der Waals surface area contributed by atoms with E-state index in [1.807, 2.05) is 17.5 Å². The minimum absolute atomic E-state index is 0.0359. The zero-order valence-electron chi connectivity index (χ0n) is 13.6. The van der Waals surface area contributed by atoms with Crippen molar-refractivity contribution >= 4 is 35.0 Å². The number of nitriles is 1. The number of hydrogen-bond acceptors (Lipinski definition) is 7. The third-order valence-electron chi connectivity index (χ3n) is 3.39. The van der Waals surface area contributed by atoms with Crippen LogP contribution in [0.4, 0.5) is 0 Å². The molecule has 2 rings (SSSR count). The van der Waals surface area contributed by atoms with Gasteiger partial charge in [0.15, 0.2) is 0 Å². The molecule has 25 heavy (non-hydrogen) atoms. The molecule has 6 nitrogen and oxygen atoms in total. The summed E-state index contributed by atoms with van der Waals surface area (Å²) in [6, 6.07) is 5.89. The van der Waals surface area contributed by atoms with Crippen molar-refractivity contribution in [1.82, 2.24) is 5.32 Å². The maximum atomic E-state index is 12.5. The summed E-state index contributed by atoms with van der Waals surface area (Å²) in [5.74, 6) is -1.50. The van der Waals surface area contributed by atoms with Crippen molar-refractivity contribution in [2.45, 2.75) is 12.8 Å². The van der Waals surface area contributed by atoms with Crippen LogP contribution in [0.1, 0.15) is 17.7 Å². The van der Waals surface area contributed by atoms with Crippen LogP contribution in [-0.4, -0.2) is 24.2 Å². The van der Waals surface area contributed by atoms with Crippen molar-refractivity contribution < 1.29 is 14.3 Å². The van der Waals surface area contributed by atoms with Gasteiger partial charge in [0, 0.05) is 10.6 Å². The standard InChI is InChI=1S/C17H17N3O3S2/c1-3-6-23-17(22)14-10(2)20-16(25-9-13(19)21)11(8-18)15(14)12-5-4-7-24-12/h3-5,7,15,20H,1,6,9H2,2H3,(H2,19,21)/t15-/m0/s1. The van der Waals surface area contributed by atoms with E-state index in [2.05, 4.69) is 18.0 Å². The molecule has 0 saturated heterocycles. The average Bonchev–Trinajstić information content (AvgIpc) is 3.11. The smallest absolute Gasteiger partial charge is 0.337 e. The van der Waals surface area contributed by atoms with Gasteiger partial charge >= 0.3 is 5.97 Å². The fourth-order valence-electron chi connectivity index (χ4n) is 2.39. The quantitative estimate of drug-likeness (QED) is 0.560. The van der Waals surface area contributed by atoms with Gasteiger partial charge in [0.1, 0.15) is 6.61 Å². The molecular weight excluding hydrogens is 358 g/mol. The summed E-state index contributed by atoms with van der Waals surface area (Å²) in [5, 5.41) is 15.1. The van der Waals surface area contributed by atoms with Gasteiger partial charge in [0.2, 0.25) is 5.91 Å². The number of carbonyl (C=O) groups is 2. The Hall–Kier alpha value is -2.50. The molecule has 1 aromatic heterocycles. The molecule has 1 amide bonds. The van der Waals surface area contributed by atoms with Crippen LogP contribution in [0, 0.1) is 11.3 Å². The Balaban J connectivity index is 2.48. The lowest BCUT2D eigenvalue weighted by Crippen LogP contribution is -2.29. The topological polar surface area (TPSA) is 105 Å². The number of rotatable bonds is 7. The first-order chi connectivity index (χ1) is 12.0. The Morgan fingerprint density at radius 2 is 2.36 bits per heavy atom. The van der Waals surface area contributed by atoms with Gasteiger partial charge in [0.25, 0.3) is 0 Å². The van der Waals surface area contributed by atoms with E-state index in [0.717, 1.165) is 16.6 Å². The number of ether oxygens (including phenoxy) is 1. The number of esters is 1. The van der Waals surface area contributed by atoms with Gasteiger partial charge in [-0.3, -0.25) is 4.79 Å². The van der Waals surface area contributed by atoms with Crippen molar-refractivity contribution in [2.24, 2.45) is 5.73 Å². The zero-order valence-corrected chi connectivity index (χ0v) is 15.2. The number of amides is 1. The number of nitrogens with zero attached hydrogens (tertiary/aromatic N) is 1. The second-order valence-electron chi connectivity index (χ2n) is 5.11. The first-order valence-corrected chi connectivity index (χ1v) is 9.20. The minimum atomic E-state index is -0.543. The number of carbonyl (C=O) groups excluding carboxylic acids is 2. The lowest BCUT2D eigenvalue weighted by atomic mass is 9.87. The summed E-state index contributed by atoms with van der Waals surface area (Å²) >= 11 is 2.59. The van der Waals surface area contributed by atoms with Crippen molar-refractivity contribution in [3.8, 4) is 6.07 Å². The van der Waals surface area contributed by atoms with E-state index in [9.17, 15) is 14.9 Å². The van der Waals surface area contributed by atoms with Gasteiger partial charge in [-0.2, -0.15) is 5.26 Å². The van der Waals surface area contributed by atoms with Gasteiger partial charge in [-0.1, -0.05) is 30.5 Å². The second kappa shape index (κ2) is 8.55. The maximum Gasteiger partial charge on any atom is 0.337 e. The van der Waals surface area contributed by atoms with Crippen molar-refractivity contribution in [3.63, 3.8) is 0 Å². The predicted molar refractivity (Wildman–Crippen MR) is 98.3 cm³/mol. The minimum Gasteiger partial charge on any atom is -0.458 e. The second-order valence-corrected chi connectivity index (χ2v) is 7.07. The number of hydrogen-bond donors (Lipinski definition) is 2. The van der Waals surface area contributed by atoms with Crippen LogP contribution in [-0.2, 0) is 14.3 Å². The fraction of sp³-hybridized carbons (Fsp3) is 0.235. The summed E-state index contributed by atoms with van der Waals surface area (Å²) < 4.78 is 5.19. The molecule has 0 bridgehead atoms. The monoisotopic (exact) mass is 375 g/mol. The third kappa shape index (κ3) is 4.32. The summed E-state index contributed by atoms with van der Waals surface area (Å²) in [7, 11) is 0. The van der Waals surface area contributed by atoms with Crippen LogP contribution < -0.4 is 11.1 Å². The van der Waals surface area contributed by atoms with Crippen molar-refractivity contribution in [2.75, 3.05) is 12.4 Å². The summed E-state index contributed by atoms with van der Waals surface area (Å²) in [6.45, 7) is 5.36. The van der Waals surface area contributed by atoms with E-state index < -0.39 is 17.8 Å². The molecule has 0 aromatic carbocycles. The van der Waals surface area contributed by atoms with E-state index in [1.165, 1.54) is 17.4 Å². The number of primary amides is 1. The van der Waals surface area contributed by atoms with E-state index in [-0.39, 0.29) is 12.4 Å². The van der Waals surface area contributed by atoms with Crippen LogP contribution in [0.3, 0.4) is 0 Å². The molecule has 3 N–H and O–H groups in total. The molecule has 0 aliphatic carbocycles. The van der Waals surface area contributed by atoms with Crippen LogP contribution >= 0.6 is 23.1 Å². The van der Waals surface area contributed by atoms with Gasteiger partial charge < -0.3 is 15.8 Å². The highest BCUT2D eigenvalue weighted by molar-refractivity contribution is 8.03. The maximum absolute atomic E-state index is 12.5. The molecule has 0 spiro atoms. The fourth-order valence-corrected chi connectivity index (χ4v) is 4.07. The molecular formula is C17H17N3O3S2. The Morgan fingerprint density at radius 3 is 2.92 bits per heavy atom. The average molecular weight is 375 g/mol. The van der Waals surface area contributed by atoms with Gasteiger partial charge in [0.05, 0.1) is 33.9 Å². The Labute approximate surface area is 154 Å². The summed E-state index contributed by atoms with van der Waals surface area (Å²) in [6.07, 6.45) is 1.49. The lowest BCUT2D eigenvalue weighted by molar-refractivity contribution is -0.138. The number of allylic oxidation sites excluding steroid dienone is 2. The normalized spacial score (nSPS) is 16.9. The van der Waals surface area contributed by atoms with E-state index >= 15 is 0 Å². The van der Waals surface area contributed by atoms with Crippen molar-refractivity contribution in [1.29, 1.82) is 5.26 Å². The van der Waals surface area contributed by atoms with E-state index in [0.29, 0.717) is 21.9 Å². The zero-order chi connectivity index (χ0) is 18.4. The molecule has 0 saturated carbocycles. The van der Waals surface area contributed by atoms with Gasteiger partial charge in [-0.15, -0.1) is 11.3 Å². The molecule has 0 unspecified atom stereocenters. The number of nitrogens with two attached hydrogens (primary N) is 1.